The van der Waals surface area contributed by atoms with Crippen molar-refractivity contribution in [1.82, 2.24) is 15.1 Å². The lowest BCUT2D eigenvalue weighted by Crippen LogP contribution is -2.70. The topological polar surface area (TPSA) is 35.6 Å². The van der Waals surface area contributed by atoms with Crippen LogP contribution in [0, 0.1) is 12.8 Å². The summed E-state index contributed by atoms with van der Waals surface area (Å²) in [6, 6.07) is 13.1. The van der Waals surface area contributed by atoms with Crippen LogP contribution < -0.4 is 5.32 Å². The van der Waals surface area contributed by atoms with E-state index in [0.29, 0.717) is 5.92 Å². The fourth-order valence-corrected chi connectivity index (χ4v) is 6.21. The fourth-order valence-electron chi connectivity index (χ4n) is 5.38. The molecule has 2 aromatic rings. The molecule has 0 saturated carbocycles. The van der Waals surface area contributed by atoms with Gasteiger partial charge in [-0.05, 0) is 29.5 Å². The summed E-state index contributed by atoms with van der Waals surface area (Å²) in [5.41, 5.74) is 2.43. The van der Waals surface area contributed by atoms with Crippen molar-refractivity contribution in [3.05, 3.63) is 57.8 Å². The van der Waals surface area contributed by atoms with Crippen LogP contribution in [-0.2, 0) is 5.41 Å². The van der Waals surface area contributed by atoms with Crippen molar-refractivity contribution in [1.29, 1.82) is 0 Å². The molecule has 5 heterocycles. The van der Waals surface area contributed by atoms with Crippen molar-refractivity contribution in [3.63, 3.8) is 0 Å². The highest BCUT2D eigenvalue weighted by atomic mass is 32.1. The van der Waals surface area contributed by atoms with Crippen LogP contribution in [0.1, 0.15) is 20.8 Å². The highest BCUT2D eigenvalue weighted by molar-refractivity contribution is 7.12. The maximum atomic E-state index is 13.1. The largest absolute Gasteiger partial charge is 0.347 e. The smallest absolute Gasteiger partial charge is 0.261 e. The quantitative estimate of drug-likeness (QED) is 0.905. The summed E-state index contributed by atoms with van der Waals surface area (Å²) in [6.07, 6.45) is 0. The molecular weight excluding hydrogens is 342 g/mol. The zero-order chi connectivity index (χ0) is 17.7. The number of benzene rings is 1. The van der Waals surface area contributed by atoms with Crippen molar-refractivity contribution >= 4 is 17.2 Å². The van der Waals surface area contributed by atoms with E-state index in [9.17, 15) is 4.79 Å². The Morgan fingerprint density at radius 2 is 1.81 bits per heavy atom. The van der Waals surface area contributed by atoms with E-state index in [2.05, 4.69) is 45.4 Å². The minimum Gasteiger partial charge on any atom is -0.347 e. The van der Waals surface area contributed by atoms with Gasteiger partial charge in [0.2, 0.25) is 0 Å². The van der Waals surface area contributed by atoms with Gasteiger partial charge in [0.25, 0.3) is 5.91 Å². The number of nitrogens with one attached hydrogen (secondary N) is 1. The highest BCUT2D eigenvalue weighted by Crippen LogP contribution is 2.43. The van der Waals surface area contributed by atoms with Crippen LogP contribution >= 0.6 is 11.3 Å². The van der Waals surface area contributed by atoms with Gasteiger partial charge >= 0.3 is 0 Å². The van der Waals surface area contributed by atoms with Gasteiger partial charge in [0.1, 0.15) is 0 Å². The summed E-state index contributed by atoms with van der Waals surface area (Å²) in [5.74, 6) is 0.596. The van der Waals surface area contributed by atoms with Gasteiger partial charge in [0.15, 0.2) is 0 Å². The first-order chi connectivity index (χ1) is 12.7. The van der Waals surface area contributed by atoms with Crippen molar-refractivity contribution in [2.75, 3.05) is 39.3 Å². The number of aryl methyl sites for hydroxylation is 1. The summed E-state index contributed by atoms with van der Waals surface area (Å²) in [5, 5.41) is 5.50. The summed E-state index contributed by atoms with van der Waals surface area (Å²) >= 11 is 1.55. The summed E-state index contributed by atoms with van der Waals surface area (Å²) < 4.78 is 0. The fraction of sp³-hybridized carbons (Fsp3) is 0.476. The molecule has 26 heavy (non-hydrogen) atoms. The molecule has 4 aliphatic rings. The predicted molar refractivity (Wildman–Crippen MR) is 105 cm³/mol. The summed E-state index contributed by atoms with van der Waals surface area (Å²) in [4.78, 5) is 19.1. The lowest BCUT2D eigenvalue weighted by Gasteiger charge is -2.55. The minimum atomic E-state index is -0.0141. The number of nitrogens with zero attached hydrogens (tertiary/aromatic N) is 2. The first-order valence-electron chi connectivity index (χ1n) is 9.51. The van der Waals surface area contributed by atoms with Crippen molar-refractivity contribution < 1.29 is 4.79 Å². The molecule has 4 fully saturated rings. The van der Waals surface area contributed by atoms with E-state index in [-0.39, 0.29) is 17.4 Å². The molecule has 1 aromatic carbocycles. The standard InChI is InChI=1S/C21H25N3OS/c1-15-7-10-26-18(15)20(25)22-19-16-11-23-8-9-24(12-16)14-21(19,13-23)17-5-3-2-4-6-17/h2-7,10,16,19H,8-9,11-14H2,1H3,(H,22,25)/t16?,19-,21?/m1/s1. The number of fused-ring (bicyclic) bond motifs is 1. The minimum absolute atomic E-state index is 0.0141. The number of carbonyl (C=O) groups excluding carboxylic acids is 1. The van der Waals surface area contributed by atoms with E-state index in [1.54, 1.807) is 11.3 Å². The molecule has 6 rings (SSSR count). The average molecular weight is 368 g/mol. The van der Waals surface area contributed by atoms with Crippen molar-refractivity contribution in [2.45, 2.75) is 18.4 Å². The van der Waals surface area contributed by atoms with Gasteiger partial charge in [0.05, 0.1) is 4.88 Å². The second-order valence-corrected chi connectivity index (χ2v) is 9.05. The lowest BCUT2D eigenvalue weighted by molar-refractivity contribution is 0.0181. The summed E-state index contributed by atoms with van der Waals surface area (Å²) in [6.45, 7) is 8.60. The zero-order valence-electron chi connectivity index (χ0n) is 15.1. The third-order valence-corrected chi connectivity index (χ3v) is 7.51. The van der Waals surface area contributed by atoms with E-state index in [0.717, 1.165) is 49.7 Å². The SMILES string of the molecule is Cc1ccsc1C(=O)N[C@@H]1C2CN3CCN(C2)CC1(c1ccccc1)C3. The molecule has 0 spiro atoms. The lowest BCUT2D eigenvalue weighted by atomic mass is 9.64. The second-order valence-electron chi connectivity index (χ2n) is 8.14. The predicted octanol–water partition coefficient (Wildman–Crippen LogP) is 2.35. The van der Waals surface area contributed by atoms with Crippen LogP contribution in [0.4, 0.5) is 0 Å². The Bertz CT molecular complexity index is 802. The van der Waals surface area contributed by atoms with Crippen LogP contribution in [0.15, 0.2) is 41.8 Å². The molecule has 1 N–H and O–H groups in total. The van der Waals surface area contributed by atoms with Gasteiger partial charge in [-0.1, -0.05) is 30.3 Å². The number of carbonyl (C=O) groups is 1. The number of hydrogen-bond acceptors (Lipinski definition) is 4. The number of piperidine rings is 2. The van der Waals surface area contributed by atoms with Gasteiger partial charge in [0, 0.05) is 56.6 Å². The third kappa shape index (κ3) is 2.53. The molecule has 136 valence electrons. The molecule has 0 radical (unpaired) electrons. The molecule has 1 aromatic heterocycles. The van der Waals surface area contributed by atoms with Gasteiger partial charge in [-0.25, -0.2) is 0 Å². The Labute approximate surface area is 158 Å². The first-order valence-corrected chi connectivity index (χ1v) is 10.4. The number of amides is 1. The van der Waals surface area contributed by atoms with Gasteiger partial charge < -0.3 is 15.1 Å². The Morgan fingerprint density at radius 1 is 1.12 bits per heavy atom. The Hall–Kier alpha value is -1.69. The van der Waals surface area contributed by atoms with E-state index < -0.39 is 0 Å². The van der Waals surface area contributed by atoms with Gasteiger partial charge in [-0.15, -0.1) is 11.3 Å². The maximum absolute atomic E-state index is 13.1. The molecule has 3 atom stereocenters. The highest BCUT2D eigenvalue weighted by Gasteiger charge is 2.55. The Balaban J connectivity index is 1.54. The van der Waals surface area contributed by atoms with Crippen molar-refractivity contribution in [2.24, 2.45) is 5.92 Å². The number of thiophene rings is 1. The summed E-state index contributed by atoms with van der Waals surface area (Å²) in [7, 11) is 0. The maximum Gasteiger partial charge on any atom is 0.261 e. The second kappa shape index (κ2) is 6.19. The normalized spacial score (nSPS) is 35.3. The van der Waals surface area contributed by atoms with Crippen LogP contribution in [0.3, 0.4) is 0 Å². The van der Waals surface area contributed by atoms with E-state index in [1.807, 2.05) is 18.4 Å². The Kier molecular flexibility index (Phi) is 3.92. The molecule has 4 saturated heterocycles. The molecular formula is C21H25N3OS. The molecule has 2 unspecified atom stereocenters. The molecule has 1 amide bonds. The average Bonchev–Trinajstić information content (AvgIpc) is 2.92. The number of hydrogen-bond donors (Lipinski definition) is 1. The number of rotatable bonds is 3. The van der Waals surface area contributed by atoms with Crippen LogP contribution in [0.2, 0.25) is 0 Å². The van der Waals surface area contributed by atoms with Crippen LogP contribution in [0.25, 0.3) is 0 Å². The molecule has 4 nitrogen and oxygen atoms in total. The van der Waals surface area contributed by atoms with Gasteiger partial charge in [-0.3, -0.25) is 4.79 Å². The van der Waals surface area contributed by atoms with E-state index >= 15 is 0 Å². The van der Waals surface area contributed by atoms with Crippen LogP contribution in [-0.4, -0.2) is 61.0 Å². The van der Waals surface area contributed by atoms with Crippen LogP contribution in [0.5, 0.6) is 0 Å². The molecule has 0 aliphatic carbocycles. The van der Waals surface area contributed by atoms with Crippen molar-refractivity contribution in [3.8, 4) is 0 Å². The third-order valence-electron chi connectivity index (χ3n) is 6.50. The Morgan fingerprint density at radius 3 is 2.42 bits per heavy atom. The monoisotopic (exact) mass is 367 g/mol. The van der Waals surface area contributed by atoms with Gasteiger partial charge in [-0.2, -0.15) is 0 Å². The molecule has 5 heteroatoms. The zero-order valence-corrected chi connectivity index (χ0v) is 16.0. The molecule has 4 bridgehead atoms. The first kappa shape index (κ1) is 16.5. The molecule has 4 aliphatic heterocycles. The van der Waals surface area contributed by atoms with E-state index in [1.165, 1.54) is 5.56 Å². The van der Waals surface area contributed by atoms with E-state index in [4.69, 9.17) is 0 Å².